The van der Waals surface area contributed by atoms with Crippen molar-refractivity contribution in [2.24, 2.45) is 0 Å². The summed E-state index contributed by atoms with van der Waals surface area (Å²) in [4.78, 5) is 7.12. The molecule has 1 aromatic heterocycles. The van der Waals surface area contributed by atoms with Crippen LogP contribution in [-0.2, 0) is 0 Å². The number of aromatic nitrogens is 1. The number of hydrogen-bond donors (Lipinski definition) is 0. The highest BCUT2D eigenvalue weighted by Crippen LogP contribution is 2.50. The molecule has 5 rings (SSSR count). The molecule has 2 heterocycles. The topological polar surface area (TPSA) is 25.4 Å². The first-order chi connectivity index (χ1) is 11.8. The third-order valence-electron chi connectivity index (χ3n) is 4.87. The fraction of sp³-hybridized carbons (Fsp3) is 0.0952. The fourth-order valence-electron chi connectivity index (χ4n) is 3.75. The van der Waals surface area contributed by atoms with Crippen LogP contribution in [0.5, 0.6) is 5.75 Å². The largest absolute Gasteiger partial charge is 0.497 e. The van der Waals surface area contributed by atoms with E-state index in [0.29, 0.717) is 0 Å². The van der Waals surface area contributed by atoms with E-state index < -0.39 is 0 Å². The second-order valence-electron chi connectivity index (χ2n) is 6.12. The Morgan fingerprint density at radius 3 is 2.54 bits per heavy atom. The number of pyridine rings is 1. The summed E-state index contributed by atoms with van der Waals surface area (Å²) in [7, 11) is 3.80. The first-order valence-corrected chi connectivity index (χ1v) is 8.01. The number of anilines is 2. The average molecular weight is 312 g/mol. The van der Waals surface area contributed by atoms with E-state index in [9.17, 15) is 0 Å². The molecule has 0 N–H and O–H groups in total. The van der Waals surface area contributed by atoms with Crippen LogP contribution in [0.1, 0.15) is 0 Å². The van der Waals surface area contributed by atoms with Gasteiger partial charge in [-0.3, -0.25) is 0 Å². The van der Waals surface area contributed by atoms with Gasteiger partial charge in [0.15, 0.2) is 0 Å². The van der Waals surface area contributed by atoms with Crippen molar-refractivity contribution in [1.29, 1.82) is 0 Å². The van der Waals surface area contributed by atoms with Crippen molar-refractivity contribution >= 4 is 33.2 Å². The molecule has 0 amide bonds. The second kappa shape index (κ2) is 4.71. The van der Waals surface area contributed by atoms with Gasteiger partial charge in [0, 0.05) is 46.8 Å². The van der Waals surface area contributed by atoms with E-state index in [1.54, 1.807) is 7.11 Å². The number of para-hydroxylation sites is 2. The van der Waals surface area contributed by atoms with E-state index in [4.69, 9.17) is 9.72 Å². The molecule has 24 heavy (non-hydrogen) atoms. The third kappa shape index (κ3) is 1.64. The predicted octanol–water partition coefficient (Wildman–Crippen LogP) is 5.14. The van der Waals surface area contributed by atoms with Crippen molar-refractivity contribution < 1.29 is 4.74 Å². The van der Waals surface area contributed by atoms with Crippen molar-refractivity contribution in [2.75, 3.05) is 19.1 Å². The molecule has 0 unspecified atom stereocenters. The van der Waals surface area contributed by atoms with E-state index in [-0.39, 0.29) is 0 Å². The van der Waals surface area contributed by atoms with E-state index in [1.165, 1.54) is 27.6 Å². The maximum atomic E-state index is 5.51. The van der Waals surface area contributed by atoms with Crippen LogP contribution in [0.4, 0.5) is 11.4 Å². The molecule has 3 nitrogen and oxygen atoms in total. The van der Waals surface area contributed by atoms with E-state index in [1.807, 2.05) is 12.1 Å². The van der Waals surface area contributed by atoms with Crippen LogP contribution in [0, 0.1) is 0 Å². The fourth-order valence-corrected chi connectivity index (χ4v) is 3.75. The van der Waals surface area contributed by atoms with Gasteiger partial charge in [0.1, 0.15) is 5.75 Å². The van der Waals surface area contributed by atoms with Crippen molar-refractivity contribution in [3.63, 3.8) is 0 Å². The predicted molar refractivity (Wildman–Crippen MR) is 99.3 cm³/mol. The van der Waals surface area contributed by atoms with E-state index in [2.05, 4.69) is 60.5 Å². The Labute approximate surface area is 140 Å². The van der Waals surface area contributed by atoms with Gasteiger partial charge >= 0.3 is 0 Å². The SMILES string of the molecule is COc1cc2c3c(c4ccccc4nc3c1)-c1ccccc1N2C. The number of rotatable bonds is 1. The molecule has 0 aliphatic carbocycles. The molecule has 0 bridgehead atoms. The lowest BCUT2D eigenvalue weighted by atomic mass is 9.90. The lowest BCUT2D eigenvalue weighted by molar-refractivity contribution is 0.415. The van der Waals surface area contributed by atoms with Crippen LogP contribution < -0.4 is 9.64 Å². The molecule has 3 heteroatoms. The van der Waals surface area contributed by atoms with Gasteiger partial charge in [-0.25, -0.2) is 4.98 Å². The molecule has 1 aliphatic rings. The molecule has 0 atom stereocenters. The van der Waals surface area contributed by atoms with E-state index >= 15 is 0 Å². The van der Waals surface area contributed by atoms with Crippen molar-refractivity contribution in [3.8, 4) is 16.9 Å². The number of ether oxygens (including phenoxy) is 1. The summed E-state index contributed by atoms with van der Waals surface area (Å²) in [5.74, 6) is 0.831. The zero-order valence-electron chi connectivity index (χ0n) is 13.6. The smallest absolute Gasteiger partial charge is 0.123 e. The van der Waals surface area contributed by atoms with Gasteiger partial charge in [-0.15, -0.1) is 0 Å². The third-order valence-corrected chi connectivity index (χ3v) is 4.87. The standard InChI is InChI=1S/C21H16N2O/c1-23-18-10-6-4-8-15(18)20-14-7-3-5-9-16(14)22-17-11-13(24-2)12-19(23)21(17)20/h3-12H,1-2H3. The van der Waals surface area contributed by atoms with Crippen molar-refractivity contribution in [2.45, 2.75) is 0 Å². The van der Waals surface area contributed by atoms with Gasteiger partial charge < -0.3 is 9.64 Å². The molecule has 0 spiro atoms. The summed E-state index contributed by atoms with van der Waals surface area (Å²) in [6.07, 6.45) is 0. The molecule has 0 saturated heterocycles. The zero-order chi connectivity index (χ0) is 16.3. The molecular formula is C21H16N2O. The van der Waals surface area contributed by atoms with Gasteiger partial charge in [0.25, 0.3) is 0 Å². The molecule has 0 saturated carbocycles. The molecule has 116 valence electrons. The van der Waals surface area contributed by atoms with Crippen molar-refractivity contribution in [3.05, 3.63) is 60.7 Å². The van der Waals surface area contributed by atoms with Crippen LogP contribution in [0.25, 0.3) is 32.9 Å². The van der Waals surface area contributed by atoms with Gasteiger partial charge in [0.05, 0.1) is 23.8 Å². The average Bonchev–Trinajstić information content (AvgIpc) is 2.64. The maximum absolute atomic E-state index is 5.51. The monoisotopic (exact) mass is 312 g/mol. The van der Waals surface area contributed by atoms with Crippen LogP contribution in [0.15, 0.2) is 60.7 Å². The minimum absolute atomic E-state index is 0.831. The second-order valence-corrected chi connectivity index (χ2v) is 6.12. The molecule has 0 fully saturated rings. The highest BCUT2D eigenvalue weighted by atomic mass is 16.5. The molecule has 0 radical (unpaired) electrons. The summed E-state index contributed by atoms with van der Waals surface area (Å²) in [6.45, 7) is 0. The van der Waals surface area contributed by atoms with Gasteiger partial charge in [-0.2, -0.15) is 0 Å². The van der Waals surface area contributed by atoms with Crippen LogP contribution >= 0.6 is 0 Å². The number of methoxy groups -OCH3 is 1. The Hall–Kier alpha value is -3.07. The van der Waals surface area contributed by atoms with Crippen molar-refractivity contribution in [1.82, 2.24) is 4.98 Å². The van der Waals surface area contributed by atoms with Gasteiger partial charge in [0.2, 0.25) is 0 Å². The number of benzene rings is 3. The summed E-state index contributed by atoms with van der Waals surface area (Å²) in [6, 6.07) is 21.0. The quantitative estimate of drug-likeness (QED) is 0.455. The minimum Gasteiger partial charge on any atom is -0.497 e. The normalized spacial score (nSPS) is 12.5. The Bertz CT molecular complexity index is 1120. The lowest BCUT2D eigenvalue weighted by Gasteiger charge is -2.31. The number of nitrogens with zero attached hydrogens (tertiary/aromatic N) is 2. The molecular weight excluding hydrogens is 296 g/mol. The molecule has 1 aliphatic heterocycles. The maximum Gasteiger partial charge on any atom is 0.123 e. The Kier molecular flexibility index (Phi) is 2.63. The summed E-state index contributed by atoms with van der Waals surface area (Å²) in [5, 5.41) is 2.38. The summed E-state index contributed by atoms with van der Waals surface area (Å²) < 4.78 is 5.51. The Balaban J connectivity index is 2.08. The summed E-state index contributed by atoms with van der Waals surface area (Å²) >= 11 is 0. The number of fused-ring (bicyclic) bond motifs is 4. The summed E-state index contributed by atoms with van der Waals surface area (Å²) in [5.41, 5.74) is 6.84. The first kappa shape index (κ1) is 13.4. The Morgan fingerprint density at radius 2 is 1.67 bits per heavy atom. The first-order valence-electron chi connectivity index (χ1n) is 8.01. The number of hydrogen-bond acceptors (Lipinski definition) is 3. The highest BCUT2D eigenvalue weighted by Gasteiger charge is 2.25. The lowest BCUT2D eigenvalue weighted by Crippen LogP contribution is -2.15. The van der Waals surface area contributed by atoms with Gasteiger partial charge in [-0.1, -0.05) is 36.4 Å². The highest BCUT2D eigenvalue weighted by molar-refractivity contribution is 6.19. The minimum atomic E-state index is 0.831. The Morgan fingerprint density at radius 1 is 0.875 bits per heavy atom. The molecule has 4 aromatic rings. The van der Waals surface area contributed by atoms with Crippen LogP contribution in [-0.4, -0.2) is 19.1 Å². The van der Waals surface area contributed by atoms with Crippen LogP contribution in [0.3, 0.4) is 0 Å². The van der Waals surface area contributed by atoms with Crippen LogP contribution in [0.2, 0.25) is 0 Å². The molecule has 3 aromatic carbocycles. The van der Waals surface area contributed by atoms with Gasteiger partial charge in [-0.05, 0) is 12.1 Å². The zero-order valence-corrected chi connectivity index (χ0v) is 13.6. The van der Waals surface area contributed by atoms with E-state index in [0.717, 1.165) is 22.5 Å².